The minimum atomic E-state index is -4.32. The molecule has 2 nitrogen and oxygen atoms in total. The van der Waals surface area contributed by atoms with Crippen molar-refractivity contribution >= 4 is 33.6 Å². The van der Waals surface area contributed by atoms with E-state index in [4.69, 9.17) is 0 Å². The van der Waals surface area contributed by atoms with E-state index in [2.05, 4.69) is 15.9 Å². The molecule has 0 saturated carbocycles. The monoisotopic (exact) mass is 319 g/mol. The predicted octanol–water partition coefficient (Wildman–Crippen LogP) is 2.53. The Morgan fingerprint density at radius 1 is 1.50 bits per heavy atom. The molecule has 1 saturated heterocycles. The lowest BCUT2D eigenvalue weighted by Gasteiger charge is -2.25. The Kier molecular flexibility index (Phi) is 5.43. The minimum Gasteiger partial charge on any atom is -0.332 e. The van der Waals surface area contributed by atoms with Gasteiger partial charge in [0.2, 0.25) is 5.91 Å². The van der Waals surface area contributed by atoms with Crippen LogP contribution in [0.3, 0.4) is 0 Å². The molecule has 1 heterocycles. The van der Waals surface area contributed by atoms with Gasteiger partial charge in [-0.25, -0.2) is 0 Å². The highest BCUT2D eigenvalue weighted by atomic mass is 79.9. The molecule has 1 fully saturated rings. The Morgan fingerprint density at radius 3 is 2.62 bits per heavy atom. The van der Waals surface area contributed by atoms with Crippen LogP contribution in [0.1, 0.15) is 6.42 Å². The van der Waals surface area contributed by atoms with E-state index in [0.29, 0.717) is 17.5 Å². The highest BCUT2D eigenvalue weighted by Gasteiger charge is 2.35. The summed E-state index contributed by atoms with van der Waals surface area (Å²) in [5.41, 5.74) is 0. The van der Waals surface area contributed by atoms with Gasteiger partial charge in [0.1, 0.15) is 6.54 Å². The van der Waals surface area contributed by atoms with Crippen molar-refractivity contribution < 1.29 is 18.0 Å². The summed E-state index contributed by atoms with van der Waals surface area (Å²) < 4.78 is 36.8. The van der Waals surface area contributed by atoms with Gasteiger partial charge in [-0.2, -0.15) is 24.9 Å². The number of amides is 1. The standard InChI is InChI=1S/C9H13BrF3NOS/c10-2-3-14(6-9(11,12)13)8(15)7-1-4-16-5-7/h7H,1-6H2. The number of halogens is 4. The first-order valence-electron chi connectivity index (χ1n) is 4.93. The van der Waals surface area contributed by atoms with Crippen molar-refractivity contribution in [3.05, 3.63) is 0 Å². The van der Waals surface area contributed by atoms with E-state index in [-0.39, 0.29) is 18.4 Å². The molecule has 1 atom stereocenters. The molecule has 0 aromatic rings. The molecule has 1 unspecified atom stereocenters. The Bertz CT molecular complexity index is 243. The van der Waals surface area contributed by atoms with Gasteiger partial charge in [0.05, 0.1) is 0 Å². The van der Waals surface area contributed by atoms with Crippen LogP contribution in [0, 0.1) is 5.92 Å². The average molecular weight is 320 g/mol. The lowest BCUT2D eigenvalue weighted by Crippen LogP contribution is -2.43. The first-order valence-corrected chi connectivity index (χ1v) is 7.21. The molecule has 1 aliphatic heterocycles. The number of alkyl halides is 4. The molecule has 0 aromatic heterocycles. The van der Waals surface area contributed by atoms with E-state index in [1.807, 2.05) is 0 Å². The average Bonchev–Trinajstić information content (AvgIpc) is 2.66. The first kappa shape index (κ1) is 14.2. The maximum absolute atomic E-state index is 12.3. The molecule has 0 spiro atoms. The van der Waals surface area contributed by atoms with Gasteiger partial charge in [0.15, 0.2) is 0 Å². The summed E-state index contributed by atoms with van der Waals surface area (Å²) in [7, 11) is 0. The lowest BCUT2D eigenvalue weighted by atomic mass is 10.1. The van der Waals surface area contributed by atoms with Gasteiger partial charge < -0.3 is 4.90 Å². The van der Waals surface area contributed by atoms with Gasteiger partial charge in [-0.05, 0) is 12.2 Å². The maximum Gasteiger partial charge on any atom is 0.406 e. The van der Waals surface area contributed by atoms with Crippen LogP contribution < -0.4 is 0 Å². The second kappa shape index (κ2) is 6.14. The number of hydrogen-bond acceptors (Lipinski definition) is 2. The van der Waals surface area contributed by atoms with Crippen LogP contribution in [0.25, 0.3) is 0 Å². The molecular formula is C9H13BrF3NOS. The number of hydrogen-bond donors (Lipinski definition) is 0. The fourth-order valence-corrected chi connectivity index (χ4v) is 3.21. The zero-order valence-electron chi connectivity index (χ0n) is 8.60. The Labute approximate surface area is 105 Å². The van der Waals surface area contributed by atoms with Crippen molar-refractivity contribution in [1.82, 2.24) is 4.90 Å². The van der Waals surface area contributed by atoms with E-state index < -0.39 is 12.7 Å². The van der Waals surface area contributed by atoms with Crippen molar-refractivity contribution in [1.29, 1.82) is 0 Å². The third-order valence-corrected chi connectivity index (χ3v) is 3.83. The van der Waals surface area contributed by atoms with Crippen molar-refractivity contribution in [2.75, 3.05) is 29.9 Å². The second-order valence-electron chi connectivity index (χ2n) is 3.62. The SMILES string of the molecule is O=C(C1CCSC1)N(CCBr)CC(F)(F)F. The lowest BCUT2D eigenvalue weighted by molar-refractivity contribution is -0.162. The molecule has 7 heteroatoms. The molecule has 0 radical (unpaired) electrons. The molecule has 0 N–H and O–H groups in total. The summed E-state index contributed by atoms with van der Waals surface area (Å²) in [5, 5.41) is 0.370. The molecule has 94 valence electrons. The van der Waals surface area contributed by atoms with Gasteiger partial charge in [-0.15, -0.1) is 0 Å². The molecule has 0 aromatic carbocycles. The maximum atomic E-state index is 12.3. The predicted molar refractivity (Wildman–Crippen MR) is 61.9 cm³/mol. The van der Waals surface area contributed by atoms with Gasteiger partial charge in [0.25, 0.3) is 0 Å². The summed E-state index contributed by atoms with van der Waals surface area (Å²) in [6, 6.07) is 0. The topological polar surface area (TPSA) is 20.3 Å². The number of carbonyl (C=O) groups excluding carboxylic acids is 1. The van der Waals surface area contributed by atoms with E-state index >= 15 is 0 Å². The zero-order chi connectivity index (χ0) is 12.2. The zero-order valence-corrected chi connectivity index (χ0v) is 11.0. The van der Waals surface area contributed by atoms with Crippen molar-refractivity contribution in [2.45, 2.75) is 12.6 Å². The number of thioether (sulfide) groups is 1. The van der Waals surface area contributed by atoms with Gasteiger partial charge in [-0.3, -0.25) is 4.79 Å². The third kappa shape index (κ3) is 4.53. The van der Waals surface area contributed by atoms with E-state index in [1.165, 1.54) is 0 Å². The highest BCUT2D eigenvalue weighted by Crippen LogP contribution is 2.26. The van der Waals surface area contributed by atoms with Crippen LogP contribution in [0.4, 0.5) is 13.2 Å². The first-order chi connectivity index (χ1) is 7.44. The Balaban J connectivity index is 2.57. The normalized spacial score (nSPS) is 21.1. The Hall–Kier alpha value is 0.0900. The fraction of sp³-hybridized carbons (Fsp3) is 0.889. The molecule has 1 aliphatic rings. The number of rotatable bonds is 4. The molecule has 0 bridgehead atoms. The molecule has 1 rings (SSSR count). The van der Waals surface area contributed by atoms with Crippen LogP contribution >= 0.6 is 27.7 Å². The largest absolute Gasteiger partial charge is 0.406 e. The van der Waals surface area contributed by atoms with E-state index in [0.717, 1.165) is 10.7 Å². The summed E-state index contributed by atoms with van der Waals surface area (Å²) in [4.78, 5) is 12.7. The molecule has 16 heavy (non-hydrogen) atoms. The highest BCUT2D eigenvalue weighted by molar-refractivity contribution is 9.09. The minimum absolute atomic E-state index is 0.111. The van der Waals surface area contributed by atoms with Crippen LogP contribution in [0.2, 0.25) is 0 Å². The van der Waals surface area contributed by atoms with E-state index in [1.54, 1.807) is 11.8 Å². The van der Waals surface area contributed by atoms with Gasteiger partial charge >= 0.3 is 6.18 Å². The molecular weight excluding hydrogens is 307 g/mol. The Morgan fingerprint density at radius 2 is 2.19 bits per heavy atom. The number of nitrogens with zero attached hydrogens (tertiary/aromatic N) is 1. The van der Waals surface area contributed by atoms with Crippen LogP contribution in [0.15, 0.2) is 0 Å². The number of carbonyl (C=O) groups is 1. The third-order valence-electron chi connectivity index (χ3n) is 2.32. The summed E-state index contributed by atoms with van der Waals surface area (Å²) in [6.07, 6.45) is -3.62. The fourth-order valence-electron chi connectivity index (χ4n) is 1.57. The van der Waals surface area contributed by atoms with Crippen molar-refractivity contribution in [2.24, 2.45) is 5.92 Å². The molecule has 0 aliphatic carbocycles. The van der Waals surface area contributed by atoms with Gasteiger partial charge in [0, 0.05) is 23.5 Å². The van der Waals surface area contributed by atoms with Crippen molar-refractivity contribution in [3.63, 3.8) is 0 Å². The quantitative estimate of drug-likeness (QED) is 0.742. The van der Waals surface area contributed by atoms with E-state index in [9.17, 15) is 18.0 Å². The van der Waals surface area contributed by atoms with Crippen LogP contribution in [-0.2, 0) is 4.79 Å². The smallest absolute Gasteiger partial charge is 0.332 e. The van der Waals surface area contributed by atoms with Gasteiger partial charge in [-0.1, -0.05) is 15.9 Å². The summed E-state index contributed by atoms with van der Waals surface area (Å²) in [5.74, 6) is 0.924. The summed E-state index contributed by atoms with van der Waals surface area (Å²) >= 11 is 4.69. The summed E-state index contributed by atoms with van der Waals surface area (Å²) in [6.45, 7) is -1.03. The molecule has 1 amide bonds. The van der Waals surface area contributed by atoms with Crippen LogP contribution in [-0.4, -0.2) is 46.9 Å². The second-order valence-corrected chi connectivity index (χ2v) is 5.57. The van der Waals surface area contributed by atoms with Crippen LogP contribution in [0.5, 0.6) is 0 Å². The van der Waals surface area contributed by atoms with Crippen molar-refractivity contribution in [3.8, 4) is 0 Å².